The van der Waals surface area contributed by atoms with Crippen LogP contribution >= 0.6 is 11.8 Å². The maximum atomic E-state index is 4.76. The van der Waals surface area contributed by atoms with Crippen LogP contribution in [-0.2, 0) is 0 Å². The summed E-state index contributed by atoms with van der Waals surface area (Å²) in [4.78, 5) is 9.35. The molecule has 0 saturated heterocycles. The molecule has 0 radical (unpaired) electrons. The van der Waals surface area contributed by atoms with Gasteiger partial charge in [-0.1, -0.05) is 26.7 Å². The Balaban J connectivity index is 2.28. The molecule has 3 nitrogen and oxygen atoms in total. The van der Waals surface area contributed by atoms with E-state index < -0.39 is 0 Å². The van der Waals surface area contributed by atoms with Crippen molar-refractivity contribution in [2.45, 2.75) is 62.6 Å². The minimum absolute atomic E-state index is 0.376. The normalized spacial score (nSPS) is 16.5. The van der Waals surface area contributed by atoms with Crippen LogP contribution in [0.4, 0.5) is 5.82 Å². The Morgan fingerprint density at radius 3 is 2.44 bits per heavy atom. The van der Waals surface area contributed by atoms with Gasteiger partial charge in [-0.15, -0.1) is 11.8 Å². The molecule has 1 aliphatic rings. The lowest BCUT2D eigenvalue weighted by Crippen LogP contribution is -2.07. The van der Waals surface area contributed by atoms with Gasteiger partial charge in [-0.05, 0) is 19.8 Å². The number of hydrogen-bond donors (Lipinski definition) is 1. The fraction of sp³-hybridized carbons (Fsp3) is 0.714. The molecule has 0 amide bonds. The quantitative estimate of drug-likeness (QED) is 0.835. The second kappa shape index (κ2) is 5.91. The second-order valence-corrected chi connectivity index (χ2v) is 6.58. The topological polar surface area (TPSA) is 37.8 Å². The summed E-state index contributed by atoms with van der Waals surface area (Å²) in [6.45, 7) is 6.41. The van der Waals surface area contributed by atoms with Gasteiger partial charge < -0.3 is 5.32 Å². The average Bonchev–Trinajstić information content (AvgIpc) is 2.84. The van der Waals surface area contributed by atoms with Crippen molar-refractivity contribution in [3.8, 4) is 0 Å². The van der Waals surface area contributed by atoms with E-state index in [1.165, 1.54) is 36.3 Å². The third-order valence-electron chi connectivity index (χ3n) is 3.45. The summed E-state index contributed by atoms with van der Waals surface area (Å²) >= 11 is 1.95. The highest BCUT2D eigenvalue weighted by atomic mass is 32.2. The Morgan fingerprint density at radius 2 is 1.89 bits per heavy atom. The van der Waals surface area contributed by atoms with Gasteiger partial charge in [-0.3, -0.25) is 0 Å². The summed E-state index contributed by atoms with van der Waals surface area (Å²) in [5.74, 6) is 2.31. The van der Waals surface area contributed by atoms with Crippen molar-refractivity contribution in [1.29, 1.82) is 0 Å². The van der Waals surface area contributed by atoms with Crippen LogP contribution in [0.2, 0.25) is 0 Å². The summed E-state index contributed by atoms with van der Waals surface area (Å²) in [6.07, 6.45) is 5.41. The number of hydrogen-bond acceptors (Lipinski definition) is 4. The van der Waals surface area contributed by atoms with Crippen molar-refractivity contribution in [2.75, 3.05) is 12.4 Å². The molecule has 0 aliphatic heterocycles. The second-order valence-electron chi connectivity index (χ2n) is 5.29. The van der Waals surface area contributed by atoms with E-state index in [0.717, 1.165) is 16.9 Å². The molecular formula is C14H23N3S. The summed E-state index contributed by atoms with van der Waals surface area (Å²) in [6, 6.07) is 0. The minimum Gasteiger partial charge on any atom is -0.373 e. The van der Waals surface area contributed by atoms with E-state index in [1.54, 1.807) is 0 Å². The lowest BCUT2D eigenvalue weighted by Gasteiger charge is -2.15. The molecular weight excluding hydrogens is 242 g/mol. The van der Waals surface area contributed by atoms with E-state index >= 15 is 0 Å². The number of rotatable bonds is 4. The van der Waals surface area contributed by atoms with Gasteiger partial charge in [0.15, 0.2) is 0 Å². The molecule has 1 aromatic heterocycles. The van der Waals surface area contributed by atoms with E-state index in [-0.39, 0.29) is 0 Å². The van der Waals surface area contributed by atoms with Crippen LogP contribution in [-0.4, -0.2) is 22.3 Å². The van der Waals surface area contributed by atoms with Crippen molar-refractivity contribution in [2.24, 2.45) is 0 Å². The van der Waals surface area contributed by atoms with E-state index in [0.29, 0.717) is 5.92 Å². The number of thioether (sulfide) groups is 1. The van der Waals surface area contributed by atoms with E-state index in [2.05, 4.69) is 31.1 Å². The largest absolute Gasteiger partial charge is 0.373 e. The highest BCUT2D eigenvalue weighted by Gasteiger charge is 2.20. The smallest absolute Gasteiger partial charge is 0.134 e. The van der Waals surface area contributed by atoms with Gasteiger partial charge >= 0.3 is 0 Å². The lowest BCUT2D eigenvalue weighted by molar-refractivity contribution is 0.748. The zero-order valence-electron chi connectivity index (χ0n) is 11.8. The minimum atomic E-state index is 0.376. The zero-order chi connectivity index (χ0) is 13.1. The Bertz CT molecular complexity index is 412. The van der Waals surface area contributed by atoms with Crippen LogP contribution in [0.1, 0.15) is 56.8 Å². The molecule has 0 atom stereocenters. The van der Waals surface area contributed by atoms with Crippen molar-refractivity contribution < 1.29 is 0 Å². The maximum Gasteiger partial charge on any atom is 0.134 e. The number of aromatic nitrogens is 2. The van der Waals surface area contributed by atoms with E-state index in [4.69, 9.17) is 4.98 Å². The summed E-state index contributed by atoms with van der Waals surface area (Å²) in [7, 11) is 1.93. The van der Waals surface area contributed by atoms with Gasteiger partial charge in [0.2, 0.25) is 0 Å². The Labute approximate surface area is 114 Å². The van der Waals surface area contributed by atoms with E-state index in [1.807, 2.05) is 18.8 Å². The van der Waals surface area contributed by atoms with Gasteiger partial charge in [-0.2, -0.15) is 0 Å². The van der Waals surface area contributed by atoms with Crippen LogP contribution < -0.4 is 5.32 Å². The Morgan fingerprint density at radius 1 is 1.22 bits per heavy atom. The Hall–Kier alpha value is -0.770. The van der Waals surface area contributed by atoms with Crippen LogP contribution in [0.15, 0.2) is 5.03 Å². The zero-order valence-corrected chi connectivity index (χ0v) is 12.6. The fourth-order valence-corrected chi connectivity index (χ4v) is 3.60. The first-order chi connectivity index (χ1) is 8.61. The predicted octanol–water partition coefficient (Wildman–Crippen LogP) is 3.98. The third-order valence-corrected chi connectivity index (χ3v) is 4.88. The summed E-state index contributed by atoms with van der Waals surface area (Å²) in [5.41, 5.74) is 1.19. The molecule has 4 heteroatoms. The van der Waals surface area contributed by atoms with Gasteiger partial charge in [0.25, 0.3) is 0 Å². The molecule has 0 unspecified atom stereocenters. The molecule has 0 aromatic carbocycles. The maximum absolute atomic E-state index is 4.76. The SMILES string of the molecule is CNc1nc(C(C)C)nc(SC2CCCC2)c1C. The number of anilines is 1. The highest BCUT2D eigenvalue weighted by Crippen LogP contribution is 2.36. The first-order valence-corrected chi connectivity index (χ1v) is 7.72. The van der Waals surface area contributed by atoms with Crippen molar-refractivity contribution in [3.63, 3.8) is 0 Å². The van der Waals surface area contributed by atoms with Crippen molar-refractivity contribution in [1.82, 2.24) is 9.97 Å². The van der Waals surface area contributed by atoms with Crippen LogP contribution in [0.5, 0.6) is 0 Å². The van der Waals surface area contributed by atoms with Crippen molar-refractivity contribution in [3.05, 3.63) is 11.4 Å². The van der Waals surface area contributed by atoms with Gasteiger partial charge in [0.1, 0.15) is 16.7 Å². The molecule has 1 heterocycles. The fourth-order valence-electron chi connectivity index (χ4n) is 2.29. The number of nitrogens with zero attached hydrogens (tertiary/aromatic N) is 2. The van der Waals surface area contributed by atoms with Gasteiger partial charge in [0, 0.05) is 23.8 Å². The first-order valence-electron chi connectivity index (χ1n) is 6.84. The molecule has 1 fully saturated rings. The van der Waals surface area contributed by atoms with Crippen LogP contribution in [0.3, 0.4) is 0 Å². The van der Waals surface area contributed by atoms with Gasteiger partial charge in [0.05, 0.1) is 0 Å². The van der Waals surface area contributed by atoms with Crippen molar-refractivity contribution >= 4 is 17.6 Å². The molecule has 1 saturated carbocycles. The summed E-state index contributed by atoms with van der Waals surface area (Å²) in [5, 5.41) is 5.12. The molecule has 0 bridgehead atoms. The molecule has 1 aliphatic carbocycles. The molecule has 18 heavy (non-hydrogen) atoms. The summed E-state index contributed by atoms with van der Waals surface area (Å²) < 4.78 is 0. The monoisotopic (exact) mass is 265 g/mol. The molecule has 2 rings (SSSR count). The van der Waals surface area contributed by atoms with Gasteiger partial charge in [-0.25, -0.2) is 9.97 Å². The van der Waals surface area contributed by atoms with Crippen LogP contribution in [0, 0.1) is 6.92 Å². The Kier molecular flexibility index (Phi) is 4.49. The lowest BCUT2D eigenvalue weighted by atomic mass is 10.2. The van der Waals surface area contributed by atoms with Crippen LogP contribution in [0.25, 0.3) is 0 Å². The number of nitrogens with one attached hydrogen (secondary N) is 1. The van der Waals surface area contributed by atoms with E-state index in [9.17, 15) is 0 Å². The third kappa shape index (κ3) is 2.97. The average molecular weight is 265 g/mol. The molecule has 0 spiro atoms. The molecule has 1 aromatic rings. The first kappa shape index (κ1) is 13.7. The standard InChI is InChI=1S/C14H23N3S/c1-9(2)12-16-13(15-4)10(3)14(17-12)18-11-7-5-6-8-11/h9,11H,5-8H2,1-4H3,(H,15,16,17). The molecule has 1 N–H and O–H groups in total. The highest BCUT2D eigenvalue weighted by molar-refractivity contribution is 7.99. The predicted molar refractivity (Wildman–Crippen MR) is 78.5 cm³/mol. The molecule has 100 valence electrons.